The number of rotatable bonds is 6. The smallest absolute Gasteiger partial charge is 0.148 e. The SMILES string of the molecule is CS(=O)(=O)CCNCCN1CCN2CCCC2C1. The molecule has 2 rings (SSSR count). The van der Waals surface area contributed by atoms with Gasteiger partial charge in [0.15, 0.2) is 0 Å². The molecule has 2 aliphatic heterocycles. The van der Waals surface area contributed by atoms with Gasteiger partial charge in [-0.15, -0.1) is 0 Å². The van der Waals surface area contributed by atoms with Crippen molar-refractivity contribution >= 4 is 9.84 Å². The second kappa shape index (κ2) is 6.32. The fourth-order valence-electron chi connectivity index (χ4n) is 2.88. The highest BCUT2D eigenvalue weighted by atomic mass is 32.2. The van der Waals surface area contributed by atoms with Crippen molar-refractivity contribution in [3.8, 4) is 0 Å². The van der Waals surface area contributed by atoms with Crippen molar-refractivity contribution in [2.45, 2.75) is 18.9 Å². The second-order valence-corrected chi connectivity index (χ2v) is 7.77. The van der Waals surface area contributed by atoms with E-state index in [-0.39, 0.29) is 5.75 Å². The molecule has 2 fully saturated rings. The van der Waals surface area contributed by atoms with Gasteiger partial charge in [0.05, 0.1) is 5.75 Å². The van der Waals surface area contributed by atoms with Gasteiger partial charge in [-0.25, -0.2) is 8.42 Å². The largest absolute Gasteiger partial charge is 0.314 e. The van der Waals surface area contributed by atoms with Crippen LogP contribution in [0, 0.1) is 0 Å². The predicted octanol–water partition coefficient (Wildman–Crippen LogP) is -0.599. The van der Waals surface area contributed by atoms with Crippen LogP contribution in [-0.4, -0.2) is 82.1 Å². The topological polar surface area (TPSA) is 52.7 Å². The Morgan fingerprint density at radius 2 is 2.06 bits per heavy atom. The molecule has 0 aromatic carbocycles. The summed E-state index contributed by atoms with van der Waals surface area (Å²) in [5, 5.41) is 3.21. The normalized spacial score (nSPS) is 26.4. The van der Waals surface area contributed by atoms with Gasteiger partial charge in [-0.2, -0.15) is 0 Å². The van der Waals surface area contributed by atoms with Crippen molar-refractivity contribution in [3.63, 3.8) is 0 Å². The van der Waals surface area contributed by atoms with Crippen molar-refractivity contribution in [1.82, 2.24) is 15.1 Å². The number of sulfone groups is 1. The van der Waals surface area contributed by atoms with Gasteiger partial charge in [0.25, 0.3) is 0 Å². The van der Waals surface area contributed by atoms with Crippen LogP contribution < -0.4 is 5.32 Å². The van der Waals surface area contributed by atoms with Gasteiger partial charge >= 0.3 is 0 Å². The fraction of sp³-hybridized carbons (Fsp3) is 1.00. The zero-order valence-corrected chi connectivity index (χ0v) is 12.1. The Morgan fingerprint density at radius 1 is 1.22 bits per heavy atom. The van der Waals surface area contributed by atoms with Gasteiger partial charge in [0, 0.05) is 51.6 Å². The average Bonchev–Trinajstić information content (AvgIpc) is 2.74. The van der Waals surface area contributed by atoms with Gasteiger partial charge < -0.3 is 5.32 Å². The third kappa shape index (κ3) is 4.50. The maximum atomic E-state index is 11.0. The molecule has 1 N–H and O–H groups in total. The first-order chi connectivity index (χ1) is 8.54. The lowest BCUT2D eigenvalue weighted by Gasteiger charge is -2.37. The van der Waals surface area contributed by atoms with Crippen molar-refractivity contribution in [2.24, 2.45) is 0 Å². The summed E-state index contributed by atoms with van der Waals surface area (Å²) in [6.07, 6.45) is 3.98. The lowest BCUT2D eigenvalue weighted by atomic mass is 10.1. The average molecular weight is 275 g/mol. The Kier molecular flexibility index (Phi) is 5.00. The number of piperazine rings is 1. The minimum Gasteiger partial charge on any atom is -0.314 e. The van der Waals surface area contributed by atoms with Crippen LogP contribution in [0.4, 0.5) is 0 Å². The zero-order valence-electron chi connectivity index (χ0n) is 11.3. The minimum atomic E-state index is -2.82. The van der Waals surface area contributed by atoms with E-state index in [1.54, 1.807) is 0 Å². The Balaban J connectivity index is 1.57. The molecular weight excluding hydrogens is 250 g/mol. The van der Waals surface area contributed by atoms with E-state index < -0.39 is 9.84 Å². The number of nitrogens with zero attached hydrogens (tertiary/aromatic N) is 2. The van der Waals surface area contributed by atoms with Crippen molar-refractivity contribution in [1.29, 1.82) is 0 Å². The molecule has 0 spiro atoms. The third-order valence-electron chi connectivity index (χ3n) is 3.93. The molecule has 0 aliphatic carbocycles. The molecule has 2 heterocycles. The Hall–Kier alpha value is -0.170. The summed E-state index contributed by atoms with van der Waals surface area (Å²) in [6.45, 7) is 7.33. The van der Waals surface area contributed by atoms with E-state index in [1.807, 2.05) is 0 Å². The van der Waals surface area contributed by atoms with E-state index in [9.17, 15) is 8.42 Å². The quantitative estimate of drug-likeness (QED) is 0.656. The van der Waals surface area contributed by atoms with E-state index in [1.165, 1.54) is 38.7 Å². The van der Waals surface area contributed by atoms with Crippen LogP contribution >= 0.6 is 0 Å². The van der Waals surface area contributed by atoms with Gasteiger partial charge in [0.2, 0.25) is 0 Å². The highest BCUT2D eigenvalue weighted by molar-refractivity contribution is 7.90. The number of hydrogen-bond acceptors (Lipinski definition) is 5. The molecule has 0 radical (unpaired) electrons. The number of nitrogens with one attached hydrogen (secondary N) is 1. The van der Waals surface area contributed by atoms with Gasteiger partial charge in [-0.05, 0) is 19.4 Å². The van der Waals surface area contributed by atoms with Gasteiger partial charge in [-0.3, -0.25) is 9.80 Å². The Morgan fingerprint density at radius 3 is 2.83 bits per heavy atom. The van der Waals surface area contributed by atoms with E-state index in [2.05, 4.69) is 15.1 Å². The molecule has 0 aromatic rings. The summed E-state index contributed by atoms with van der Waals surface area (Å²) in [4.78, 5) is 5.10. The summed E-state index contributed by atoms with van der Waals surface area (Å²) in [5.41, 5.74) is 0. The lowest BCUT2D eigenvalue weighted by molar-refractivity contribution is 0.105. The molecule has 0 bridgehead atoms. The minimum absolute atomic E-state index is 0.239. The van der Waals surface area contributed by atoms with Crippen molar-refractivity contribution < 1.29 is 8.42 Å². The van der Waals surface area contributed by atoms with Crippen molar-refractivity contribution in [2.75, 3.05) is 57.8 Å². The molecule has 0 aromatic heterocycles. The zero-order chi connectivity index (χ0) is 13.0. The highest BCUT2D eigenvalue weighted by Gasteiger charge is 2.29. The molecule has 0 amide bonds. The monoisotopic (exact) mass is 275 g/mol. The summed E-state index contributed by atoms with van der Waals surface area (Å²) in [5.74, 6) is 0.239. The predicted molar refractivity (Wildman–Crippen MR) is 73.6 cm³/mol. The summed E-state index contributed by atoms with van der Waals surface area (Å²) in [6, 6.07) is 0.773. The lowest BCUT2D eigenvalue weighted by Crippen LogP contribution is -2.51. The van der Waals surface area contributed by atoms with E-state index in [0.717, 1.165) is 25.7 Å². The van der Waals surface area contributed by atoms with Crippen LogP contribution in [0.15, 0.2) is 0 Å². The molecule has 2 saturated heterocycles. The van der Waals surface area contributed by atoms with Gasteiger partial charge in [0.1, 0.15) is 9.84 Å². The maximum Gasteiger partial charge on any atom is 0.148 e. The maximum absolute atomic E-state index is 11.0. The molecule has 1 atom stereocenters. The van der Waals surface area contributed by atoms with Crippen LogP contribution in [0.2, 0.25) is 0 Å². The molecule has 0 saturated carbocycles. The van der Waals surface area contributed by atoms with Crippen LogP contribution in [0.1, 0.15) is 12.8 Å². The summed E-state index contributed by atoms with van der Waals surface area (Å²) >= 11 is 0. The van der Waals surface area contributed by atoms with Crippen molar-refractivity contribution in [3.05, 3.63) is 0 Å². The number of hydrogen-bond donors (Lipinski definition) is 1. The molecule has 5 nitrogen and oxygen atoms in total. The summed E-state index contributed by atoms with van der Waals surface area (Å²) in [7, 11) is -2.82. The first-order valence-corrected chi connectivity index (χ1v) is 8.95. The summed E-state index contributed by atoms with van der Waals surface area (Å²) < 4.78 is 21.9. The fourth-order valence-corrected chi connectivity index (χ4v) is 3.39. The van der Waals surface area contributed by atoms with E-state index in [0.29, 0.717) is 6.54 Å². The van der Waals surface area contributed by atoms with E-state index in [4.69, 9.17) is 0 Å². The first kappa shape index (κ1) is 14.2. The molecular formula is C12H25N3O2S. The molecule has 106 valence electrons. The van der Waals surface area contributed by atoms with Crippen LogP contribution in [0.5, 0.6) is 0 Å². The highest BCUT2D eigenvalue weighted by Crippen LogP contribution is 2.20. The molecule has 1 unspecified atom stereocenters. The van der Waals surface area contributed by atoms with Crippen LogP contribution in [-0.2, 0) is 9.84 Å². The van der Waals surface area contributed by atoms with Crippen LogP contribution in [0.25, 0.3) is 0 Å². The standard InChI is InChI=1S/C12H25N3O2S/c1-18(16,17)10-5-13-4-7-14-8-9-15-6-2-3-12(15)11-14/h12-13H,2-11H2,1H3. The molecule has 6 heteroatoms. The van der Waals surface area contributed by atoms with Crippen LogP contribution in [0.3, 0.4) is 0 Å². The number of fused-ring (bicyclic) bond motifs is 1. The third-order valence-corrected chi connectivity index (χ3v) is 4.87. The van der Waals surface area contributed by atoms with Gasteiger partial charge in [-0.1, -0.05) is 0 Å². The first-order valence-electron chi connectivity index (χ1n) is 6.89. The Bertz CT molecular complexity index is 358. The van der Waals surface area contributed by atoms with E-state index >= 15 is 0 Å². The molecule has 2 aliphatic rings. The molecule has 18 heavy (non-hydrogen) atoms. The second-order valence-electron chi connectivity index (χ2n) is 5.51. The Labute approximate surface area is 110 Å².